The van der Waals surface area contributed by atoms with Gasteiger partial charge in [0.15, 0.2) is 0 Å². The zero-order valence-corrected chi connectivity index (χ0v) is 13.5. The number of rotatable bonds is 6. The van der Waals surface area contributed by atoms with Gasteiger partial charge in [0.05, 0.1) is 6.61 Å². The number of aliphatic hydroxyl groups excluding tert-OH is 1. The molecular formula is C17H25NO4. The molecule has 1 saturated carbocycles. The Morgan fingerprint density at radius 2 is 2.09 bits per heavy atom. The number of hydrogen-bond acceptors (Lipinski definition) is 4. The number of para-hydroxylation sites is 1. The van der Waals surface area contributed by atoms with E-state index in [2.05, 4.69) is 5.32 Å². The van der Waals surface area contributed by atoms with E-state index in [1.54, 1.807) is 0 Å². The van der Waals surface area contributed by atoms with Crippen LogP contribution in [0.4, 0.5) is 4.79 Å². The molecule has 2 rings (SSSR count). The van der Waals surface area contributed by atoms with E-state index in [-0.39, 0.29) is 12.7 Å². The number of aliphatic hydroxyl groups is 1. The van der Waals surface area contributed by atoms with E-state index >= 15 is 0 Å². The summed E-state index contributed by atoms with van der Waals surface area (Å²) in [5, 5.41) is 11.7. The highest BCUT2D eigenvalue weighted by Gasteiger charge is 2.40. The van der Waals surface area contributed by atoms with E-state index < -0.39 is 5.60 Å². The Kier molecular flexibility index (Phi) is 5.29. The van der Waals surface area contributed by atoms with Crippen molar-refractivity contribution in [2.75, 3.05) is 19.8 Å². The lowest BCUT2D eigenvalue weighted by Gasteiger charge is -2.19. The Morgan fingerprint density at radius 1 is 1.36 bits per heavy atom. The first-order valence-electron chi connectivity index (χ1n) is 7.70. The number of carbonyl (C=O) groups is 1. The average molecular weight is 307 g/mol. The number of alkyl carbamates (subject to hydrolysis) is 1. The zero-order chi connectivity index (χ0) is 16.2. The normalized spacial score (nSPS) is 20.4. The number of hydrogen-bond donors (Lipinski definition) is 2. The summed E-state index contributed by atoms with van der Waals surface area (Å²) in [5.41, 5.74) is 0.671. The molecule has 0 bridgehead atoms. The fourth-order valence-electron chi connectivity index (χ4n) is 2.46. The molecular weight excluding hydrogens is 282 g/mol. The fourth-order valence-corrected chi connectivity index (χ4v) is 2.46. The number of nitrogens with one attached hydrogen (secondary N) is 1. The van der Waals surface area contributed by atoms with Gasteiger partial charge in [-0.25, -0.2) is 4.79 Å². The highest BCUT2D eigenvalue weighted by Crippen LogP contribution is 2.49. The maximum Gasteiger partial charge on any atom is 0.407 e. The molecule has 5 heteroatoms. The molecule has 1 amide bonds. The van der Waals surface area contributed by atoms with E-state index in [9.17, 15) is 4.79 Å². The summed E-state index contributed by atoms with van der Waals surface area (Å²) < 4.78 is 10.8. The second kappa shape index (κ2) is 7.01. The monoisotopic (exact) mass is 307 g/mol. The lowest BCUT2D eigenvalue weighted by molar-refractivity contribution is 0.0525. The highest BCUT2D eigenvalue weighted by molar-refractivity contribution is 5.67. The Balaban J connectivity index is 1.84. The average Bonchev–Trinajstić information content (AvgIpc) is 3.21. The smallest absolute Gasteiger partial charge is 0.407 e. The van der Waals surface area contributed by atoms with Crippen LogP contribution in [0.25, 0.3) is 0 Å². The molecule has 0 radical (unpaired) electrons. The van der Waals surface area contributed by atoms with Crippen LogP contribution in [0.1, 0.15) is 38.7 Å². The number of ether oxygens (including phenoxy) is 2. The van der Waals surface area contributed by atoms with Gasteiger partial charge >= 0.3 is 6.09 Å². The molecule has 0 unspecified atom stereocenters. The van der Waals surface area contributed by atoms with Gasteiger partial charge < -0.3 is 19.9 Å². The summed E-state index contributed by atoms with van der Waals surface area (Å²) in [7, 11) is 0. The van der Waals surface area contributed by atoms with Crippen LogP contribution >= 0.6 is 0 Å². The molecule has 0 aliphatic heterocycles. The lowest BCUT2D eigenvalue weighted by atomic mass is 10.1. The van der Waals surface area contributed by atoms with E-state index in [1.807, 2.05) is 45.0 Å². The predicted molar refractivity (Wildman–Crippen MR) is 84.1 cm³/mol. The summed E-state index contributed by atoms with van der Waals surface area (Å²) in [5.74, 6) is 1.62. The van der Waals surface area contributed by atoms with Crippen LogP contribution in [0, 0.1) is 5.92 Å². The minimum absolute atomic E-state index is 0.00261. The van der Waals surface area contributed by atoms with Crippen LogP contribution in [-0.4, -0.2) is 36.6 Å². The van der Waals surface area contributed by atoms with Gasteiger partial charge in [0.1, 0.15) is 18.0 Å². The highest BCUT2D eigenvalue weighted by atomic mass is 16.6. The van der Waals surface area contributed by atoms with Gasteiger partial charge in [0.2, 0.25) is 0 Å². The topological polar surface area (TPSA) is 67.8 Å². The Hall–Kier alpha value is -1.75. The summed E-state index contributed by atoms with van der Waals surface area (Å²) in [6.07, 6.45) is 0.651. The zero-order valence-electron chi connectivity index (χ0n) is 13.5. The molecule has 0 aromatic heterocycles. The van der Waals surface area contributed by atoms with Crippen molar-refractivity contribution in [2.45, 2.75) is 38.7 Å². The molecule has 1 aliphatic rings. The standard InChI is InChI=1S/C17H25NO4/c1-17(2,3)22-16(20)18-11-12-10-14(12)13-6-4-5-7-15(13)21-9-8-19/h4-7,12,14,19H,8-11H2,1-3H3,(H,18,20)/t12-,14-/m1/s1. The van der Waals surface area contributed by atoms with E-state index in [1.165, 1.54) is 0 Å². The SMILES string of the molecule is CC(C)(C)OC(=O)NC[C@H]1C[C@H]1c1ccccc1OCCO. The van der Waals surface area contributed by atoms with Crippen molar-refractivity contribution in [3.63, 3.8) is 0 Å². The van der Waals surface area contributed by atoms with E-state index in [0.29, 0.717) is 25.0 Å². The third kappa shape index (κ3) is 4.91. The summed E-state index contributed by atoms with van der Waals surface area (Å²) >= 11 is 0. The molecule has 0 saturated heterocycles. The van der Waals surface area contributed by atoms with Crippen LogP contribution in [-0.2, 0) is 4.74 Å². The van der Waals surface area contributed by atoms with Crippen molar-refractivity contribution in [1.29, 1.82) is 0 Å². The van der Waals surface area contributed by atoms with Gasteiger partial charge in [-0.05, 0) is 50.7 Å². The van der Waals surface area contributed by atoms with Crippen LogP contribution in [0.5, 0.6) is 5.75 Å². The van der Waals surface area contributed by atoms with Crippen LogP contribution in [0.3, 0.4) is 0 Å². The number of benzene rings is 1. The Labute approximate surface area is 131 Å². The van der Waals surface area contributed by atoms with E-state index in [4.69, 9.17) is 14.6 Å². The minimum Gasteiger partial charge on any atom is -0.491 e. The molecule has 1 aliphatic carbocycles. The second-order valence-corrected chi connectivity index (χ2v) is 6.59. The quantitative estimate of drug-likeness (QED) is 0.848. The molecule has 2 N–H and O–H groups in total. The third-order valence-electron chi connectivity index (χ3n) is 3.50. The molecule has 122 valence electrons. The minimum atomic E-state index is -0.474. The van der Waals surface area contributed by atoms with Gasteiger partial charge in [-0.3, -0.25) is 0 Å². The largest absolute Gasteiger partial charge is 0.491 e. The molecule has 22 heavy (non-hydrogen) atoms. The van der Waals surface area contributed by atoms with Crippen molar-refractivity contribution < 1.29 is 19.4 Å². The maximum atomic E-state index is 11.7. The second-order valence-electron chi connectivity index (χ2n) is 6.59. The summed E-state index contributed by atoms with van der Waals surface area (Å²) in [4.78, 5) is 11.7. The third-order valence-corrected chi connectivity index (χ3v) is 3.50. The van der Waals surface area contributed by atoms with Gasteiger partial charge in [-0.15, -0.1) is 0 Å². The molecule has 5 nitrogen and oxygen atoms in total. The van der Waals surface area contributed by atoms with Gasteiger partial charge in [0, 0.05) is 6.54 Å². The summed E-state index contributed by atoms with van der Waals surface area (Å²) in [6, 6.07) is 7.87. The predicted octanol–water partition coefficient (Wildman–Crippen LogP) is 2.69. The fraction of sp³-hybridized carbons (Fsp3) is 0.588. The van der Waals surface area contributed by atoms with Gasteiger partial charge in [-0.2, -0.15) is 0 Å². The molecule has 2 atom stereocenters. The molecule has 1 fully saturated rings. The number of carbonyl (C=O) groups excluding carboxylic acids is 1. The van der Waals surface area contributed by atoms with Crippen LogP contribution in [0.2, 0.25) is 0 Å². The van der Waals surface area contributed by atoms with Crippen LogP contribution < -0.4 is 10.1 Å². The van der Waals surface area contributed by atoms with Crippen molar-refractivity contribution in [1.82, 2.24) is 5.32 Å². The molecule has 1 aromatic carbocycles. The molecule has 0 heterocycles. The molecule has 1 aromatic rings. The first kappa shape index (κ1) is 16.6. The molecule has 0 spiro atoms. The first-order chi connectivity index (χ1) is 10.4. The Morgan fingerprint density at radius 3 is 2.77 bits per heavy atom. The van der Waals surface area contributed by atoms with Crippen molar-refractivity contribution in [3.8, 4) is 5.75 Å². The number of amides is 1. The maximum absolute atomic E-state index is 11.7. The van der Waals surface area contributed by atoms with Crippen molar-refractivity contribution in [2.24, 2.45) is 5.92 Å². The van der Waals surface area contributed by atoms with Gasteiger partial charge in [-0.1, -0.05) is 18.2 Å². The van der Waals surface area contributed by atoms with Gasteiger partial charge in [0.25, 0.3) is 0 Å². The first-order valence-corrected chi connectivity index (χ1v) is 7.70. The van der Waals surface area contributed by atoms with Crippen molar-refractivity contribution in [3.05, 3.63) is 29.8 Å². The Bertz CT molecular complexity index is 510. The van der Waals surface area contributed by atoms with E-state index in [0.717, 1.165) is 17.7 Å². The van der Waals surface area contributed by atoms with Crippen molar-refractivity contribution >= 4 is 6.09 Å². The summed E-state index contributed by atoms with van der Waals surface area (Å²) in [6.45, 7) is 6.45. The van der Waals surface area contributed by atoms with Crippen LogP contribution in [0.15, 0.2) is 24.3 Å². The lowest BCUT2D eigenvalue weighted by Crippen LogP contribution is -2.33.